The normalized spacial score (nSPS) is 10.5. The maximum Gasteiger partial charge on any atom is 0.337 e. The monoisotopic (exact) mass is 367 g/mol. The summed E-state index contributed by atoms with van der Waals surface area (Å²) in [6, 6.07) is 10.8. The molecular weight excluding hydrogens is 349 g/mol. The lowest BCUT2D eigenvalue weighted by Gasteiger charge is -2.12. The molecule has 0 aromatic heterocycles. The Balaban J connectivity index is 1.81. The van der Waals surface area contributed by atoms with Crippen molar-refractivity contribution in [3.8, 4) is 5.75 Å². The van der Waals surface area contributed by atoms with E-state index in [1.807, 2.05) is 31.2 Å². The van der Waals surface area contributed by atoms with Gasteiger partial charge in [0.15, 0.2) is 0 Å². The van der Waals surface area contributed by atoms with Gasteiger partial charge in [-0.05, 0) is 43.5 Å². The number of carboxylic acid groups (broad SMARTS) is 1. The molecule has 0 aliphatic heterocycles. The van der Waals surface area contributed by atoms with E-state index in [1.54, 1.807) is 0 Å². The summed E-state index contributed by atoms with van der Waals surface area (Å²) in [5.41, 5.74) is 1.58. The highest BCUT2D eigenvalue weighted by atomic mass is 35.5. The highest BCUT2D eigenvalue weighted by molar-refractivity contribution is 6.37. The van der Waals surface area contributed by atoms with Crippen LogP contribution in [0.4, 0.5) is 5.69 Å². The molecule has 128 valence electrons. The van der Waals surface area contributed by atoms with Gasteiger partial charge in [0.1, 0.15) is 5.75 Å². The van der Waals surface area contributed by atoms with Gasteiger partial charge in [-0.2, -0.15) is 0 Å². The summed E-state index contributed by atoms with van der Waals surface area (Å²) in [5, 5.41) is 12.9. The summed E-state index contributed by atoms with van der Waals surface area (Å²) in [7, 11) is 0. The minimum atomic E-state index is -1.07. The van der Waals surface area contributed by atoms with Crippen molar-refractivity contribution in [2.75, 3.05) is 18.5 Å². The van der Waals surface area contributed by atoms with Crippen molar-refractivity contribution in [3.05, 3.63) is 57.6 Å². The van der Waals surface area contributed by atoms with Crippen molar-refractivity contribution in [3.63, 3.8) is 0 Å². The molecule has 0 bridgehead atoms. The SMILES string of the molecule is Cc1ccccc1OCCCCNc1c(Cl)cc(Cl)cc1C(=O)O. The van der Waals surface area contributed by atoms with Crippen LogP contribution in [0.5, 0.6) is 5.75 Å². The molecule has 0 amide bonds. The Morgan fingerprint density at radius 1 is 1.21 bits per heavy atom. The Labute approximate surface area is 151 Å². The van der Waals surface area contributed by atoms with Crippen LogP contribution in [0, 0.1) is 6.92 Å². The van der Waals surface area contributed by atoms with E-state index in [0.717, 1.165) is 24.2 Å². The van der Waals surface area contributed by atoms with Crippen LogP contribution in [0.1, 0.15) is 28.8 Å². The van der Waals surface area contributed by atoms with Crippen LogP contribution in [0.2, 0.25) is 10.0 Å². The van der Waals surface area contributed by atoms with Gasteiger partial charge in [0.2, 0.25) is 0 Å². The van der Waals surface area contributed by atoms with Crippen molar-refractivity contribution < 1.29 is 14.6 Å². The molecule has 2 aromatic carbocycles. The molecule has 0 heterocycles. The van der Waals surface area contributed by atoms with E-state index < -0.39 is 5.97 Å². The fourth-order valence-electron chi connectivity index (χ4n) is 2.26. The molecule has 0 unspecified atom stereocenters. The van der Waals surface area contributed by atoms with Gasteiger partial charge in [0.25, 0.3) is 0 Å². The molecule has 2 rings (SSSR count). The minimum absolute atomic E-state index is 0.0728. The predicted octanol–water partition coefficient (Wildman–Crippen LogP) is 5.27. The Bertz CT molecular complexity index is 719. The van der Waals surface area contributed by atoms with E-state index in [4.69, 9.17) is 27.9 Å². The zero-order valence-corrected chi connectivity index (χ0v) is 14.8. The van der Waals surface area contributed by atoms with Gasteiger partial charge in [-0.15, -0.1) is 0 Å². The Morgan fingerprint density at radius 3 is 2.67 bits per heavy atom. The standard InChI is InChI=1S/C18H19Cl2NO3/c1-12-6-2-3-7-16(12)24-9-5-4-8-21-17-14(18(22)23)10-13(19)11-15(17)20/h2-3,6-7,10-11,21H,4-5,8-9H2,1H3,(H,22,23). The second-order valence-electron chi connectivity index (χ2n) is 5.36. The molecule has 0 aliphatic carbocycles. The summed E-state index contributed by atoms with van der Waals surface area (Å²) in [5.74, 6) is -0.177. The van der Waals surface area contributed by atoms with Gasteiger partial charge in [-0.1, -0.05) is 41.4 Å². The van der Waals surface area contributed by atoms with Crippen molar-refractivity contribution in [2.24, 2.45) is 0 Å². The predicted molar refractivity (Wildman–Crippen MR) is 97.8 cm³/mol. The average molecular weight is 368 g/mol. The van der Waals surface area contributed by atoms with E-state index in [9.17, 15) is 9.90 Å². The lowest BCUT2D eigenvalue weighted by molar-refractivity contribution is 0.0698. The number of aromatic carboxylic acids is 1. The summed E-state index contributed by atoms with van der Waals surface area (Å²) in [6.45, 7) is 3.21. The summed E-state index contributed by atoms with van der Waals surface area (Å²) in [4.78, 5) is 11.3. The first kappa shape index (κ1) is 18.4. The van der Waals surface area contributed by atoms with Crippen LogP contribution in [0.25, 0.3) is 0 Å². The van der Waals surface area contributed by atoms with Gasteiger partial charge in [0, 0.05) is 11.6 Å². The molecule has 2 aromatic rings. The fourth-order valence-corrected chi connectivity index (χ4v) is 2.82. The van der Waals surface area contributed by atoms with Crippen LogP contribution >= 0.6 is 23.2 Å². The maximum atomic E-state index is 11.3. The highest BCUT2D eigenvalue weighted by Crippen LogP contribution is 2.30. The third kappa shape index (κ3) is 5.05. The van der Waals surface area contributed by atoms with Crippen LogP contribution in [-0.4, -0.2) is 24.2 Å². The molecule has 6 heteroatoms. The van der Waals surface area contributed by atoms with Crippen LogP contribution in [0.15, 0.2) is 36.4 Å². The molecule has 0 atom stereocenters. The number of carbonyl (C=O) groups is 1. The number of hydrogen-bond donors (Lipinski definition) is 2. The lowest BCUT2D eigenvalue weighted by atomic mass is 10.1. The number of anilines is 1. The topological polar surface area (TPSA) is 58.6 Å². The quantitative estimate of drug-likeness (QED) is 0.623. The number of carboxylic acids is 1. The number of unbranched alkanes of at least 4 members (excludes halogenated alkanes) is 1. The summed E-state index contributed by atoms with van der Waals surface area (Å²) in [6.07, 6.45) is 1.67. The van der Waals surface area contributed by atoms with Gasteiger partial charge < -0.3 is 15.2 Å². The molecule has 0 aliphatic rings. The number of halogens is 2. The van der Waals surface area contributed by atoms with E-state index in [-0.39, 0.29) is 5.56 Å². The third-order valence-electron chi connectivity index (χ3n) is 3.51. The van der Waals surface area contributed by atoms with Crippen molar-refractivity contribution >= 4 is 34.9 Å². The number of rotatable bonds is 8. The zero-order chi connectivity index (χ0) is 17.5. The number of para-hydroxylation sites is 1. The van der Waals surface area contributed by atoms with Gasteiger partial charge >= 0.3 is 5.97 Å². The molecule has 0 fully saturated rings. The van der Waals surface area contributed by atoms with Crippen molar-refractivity contribution in [1.82, 2.24) is 0 Å². The minimum Gasteiger partial charge on any atom is -0.493 e. The van der Waals surface area contributed by atoms with Crippen LogP contribution in [0.3, 0.4) is 0 Å². The molecule has 24 heavy (non-hydrogen) atoms. The largest absolute Gasteiger partial charge is 0.493 e. The zero-order valence-electron chi connectivity index (χ0n) is 13.3. The summed E-state index contributed by atoms with van der Waals surface area (Å²) < 4.78 is 5.73. The highest BCUT2D eigenvalue weighted by Gasteiger charge is 2.14. The van der Waals surface area contributed by atoms with Gasteiger partial charge in [0.05, 0.1) is 22.9 Å². The molecule has 0 saturated carbocycles. The first-order chi connectivity index (χ1) is 11.5. The number of benzene rings is 2. The Hall–Kier alpha value is -1.91. The number of ether oxygens (including phenoxy) is 1. The second kappa shape index (κ2) is 8.81. The molecule has 4 nitrogen and oxygen atoms in total. The van der Waals surface area contributed by atoms with E-state index in [1.165, 1.54) is 12.1 Å². The molecular formula is C18H19Cl2NO3. The molecule has 0 radical (unpaired) electrons. The van der Waals surface area contributed by atoms with E-state index in [2.05, 4.69) is 5.32 Å². The van der Waals surface area contributed by atoms with Crippen molar-refractivity contribution in [2.45, 2.75) is 19.8 Å². The third-order valence-corrected chi connectivity index (χ3v) is 4.03. The first-order valence-corrected chi connectivity index (χ1v) is 8.39. The van der Waals surface area contributed by atoms with E-state index >= 15 is 0 Å². The molecule has 0 saturated heterocycles. The number of aryl methyl sites for hydroxylation is 1. The van der Waals surface area contributed by atoms with Gasteiger partial charge in [-0.3, -0.25) is 0 Å². The fraction of sp³-hybridized carbons (Fsp3) is 0.278. The molecule has 0 spiro atoms. The lowest BCUT2D eigenvalue weighted by Crippen LogP contribution is -2.09. The van der Waals surface area contributed by atoms with E-state index in [0.29, 0.717) is 28.9 Å². The Morgan fingerprint density at radius 2 is 1.96 bits per heavy atom. The summed E-state index contributed by atoms with van der Waals surface area (Å²) >= 11 is 11.9. The first-order valence-electron chi connectivity index (χ1n) is 7.63. The second-order valence-corrected chi connectivity index (χ2v) is 6.21. The van der Waals surface area contributed by atoms with Crippen LogP contribution < -0.4 is 10.1 Å². The smallest absolute Gasteiger partial charge is 0.337 e. The van der Waals surface area contributed by atoms with Crippen molar-refractivity contribution in [1.29, 1.82) is 0 Å². The number of hydrogen-bond acceptors (Lipinski definition) is 3. The van der Waals surface area contributed by atoms with Gasteiger partial charge in [-0.25, -0.2) is 4.79 Å². The average Bonchev–Trinajstić information content (AvgIpc) is 2.53. The molecule has 2 N–H and O–H groups in total. The maximum absolute atomic E-state index is 11.3. The number of nitrogens with one attached hydrogen (secondary N) is 1. The Kier molecular flexibility index (Phi) is 6.76. The van der Waals surface area contributed by atoms with Crippen LogP contribution in [-0.2, 0) is 0 Å².